The maximum Gasteiger partial charge on any atom is 0.0302 e. The molecular weight excluding hydrogens is 392 g/mol. The van der Waals surface area contributed by atoms with Gasteiger partial charge in [-0.2, -0.15) is 0 Å². The minimum Gasteiger partial charge on any atom is -0.310 e. The van der Waals surface area contributed by atoms with Gasteiger partial charge in [0, 0.05) is 21.0 Å². The Bertz CT molecular complexity index is 450. The smallest absolute Gasteiger partial charge is 0.0302 e. The SMILES string of the molecule is CC(NCCCN1CCCCC1C)c1ccc(Br)cc1Br. The summed E-state index contributed by atoms with van der Waals surface area (Å²) in [6, 6.07) is 7.55. The number of nitrogens with zero attached hydrogens (tertiary/aromatic N) is 1. The van der Waals surface area contributed by atoms with Crippen molar-refractivity contribution in [3.63, 3.8) is 0 Å². The first-order chi connectivity index (χ1) is 10.1. The van der Waals surface area contributed by atoms with Crippen LogP contribution in [0.2, 0.25) is 0 Å². The fourth-order valence-corrected chi connectivity index (χ4v) is 4.44. The van der Waals surface area contributed by atoms with Crippen LogP contribution in [-0.4, -0.2) is 30.6 Å². The van der Waals surface area contributed by atoms with Crippen LogP contribution in [0.5, 0.6) is 0 Å². The molecule has 1 fully saturated rings. The van der Waals surface area contributed by atoms with Gasteiger partial charge in [-0.05, 0) is 70.4 Å². The van der Waals surface area contributed by atoms with E-state index in [9.17, 15) is 0 Å². The topological polar surface area (TPSA) is 15.3 Å². The van der Waals surface area contributed by atoms with Crippen LogP contribution >= 0.6 is 31.9 Å². The molecule has 1 aromatic rings. The fourth-order valence-electron chi connectivity index (χ4n) is 3.05. The van der Waals surface area contributed by atoms with Gasteiger partial charge in [0.15, 0.2) is 0 Å². The molecular formula is C17H26Br2N2. The van der Waals surface area contributed by atoms with E-state index in [4.69, 9.17) is 0 Å². The standard InChI is InChI=1S/C17H26Br2N2/c1-13-6-3-4-10-21(13)11-5-9-20-14(2)16-8-7-15(18)12-17(16)19/h7-8,12-14,20H,3-6,9-11H2,1-2H3. The first-order valence-corrected chi connectivity index (χ1v) is 9.59. The lowest BCUT2D eigenvalue weighted by Crippen LogP contribution is -2.39. The molecule has 0 bridgehead atoms. The number of piperidine rings is 1. The molecule has 2 unspecified atom stereocenters. The highest BCUT2D eigenvalue weighted by atomic mass is 79.9. The molecule has 1 aliphatic rings. The van der Waals surface area contributed by atoms with Crippen LogP contribution in [-0.2, 0) is 0 Å². The third-order valence-corrected chi connectivity index (χ3v) is 5.62. The Kier molecular flexibility index (Phi) is 7.20. The number of hydrogen-bond donors (Lipinski definition) is 1. The Hall–Kier alpha value is 0.1000. The van der Waals surface area contributed by atoms with Crippen molar-refractivity contribution < 1.29 is 0 Å². The van der Waals surface area contributed by atoms with Crippen molar-refractivity contribution >= 4 is 31.9 Å². The number of nitrogens with one attached hydrogen (secondary N) is 1. The molecule has 2 rings (SSSR count). The number of halogens is 2. The van der Waals surface area contributed by atoms with E-state index in [1.54, 1.807) is 0 Å². The summed E-state index contributed by atoms with van der Waals surface area (Å²) in [5.74, 6) is 0. The zero-order chi connectivity index (χ0) is 15.2. The van der Waals surface area contributed by atoms with Gasteiger partial charge in [0.1, 0.15) is 0 Å². The predicted molar refractivity (Wildman–Crippen MR) is 97.8 cm³/mol. The molecule has 1 aromatic carbocycles. The van der Waals surface area contributed by atoms with Crippen molar-refractivity contribution in [2.45, 2.75) is 51.6 Å². The molecule has 1 heterocycles. The Morgan fingerprint density at radius 2 is 2.14 bits per heavy atom. The monoisotopic (exact) mass is 416 g/mol. The molecule has 1 N–H and O–H groups in total. The molecule has 0 amide bonds. The number of benzene rings is 1. The van der Waals surface area contributed by atoms with Crippen molar-refractivity contribution in [2.75, 3.05) is 19.6 Å². The van der Waals surface area contributed by atoms with Crippen LogP contribution in [0.15, 0.2) is 27.1 Å². The van der Waals surface area contributed by atoms with E-state index < -0.39 is 0 Å². The normalized spacial score (nSPS) is 21.4. The van der Waals surface area contributed by atoms with Gasteiger partial charge in [0.05, 0.1) is 0 Å². The van der Waals surface area contributed by atoms with Gasteiger partial charge >= 0.3 is 0 Å². The van der Waals surface area contributed by atoms with E-state index in [2.05, 4.69) is 74.1 Å². The van der Waals surface area contributed by atoms with E-state index in [1.165, 1.54) is 48.8 Å². The molecule has 0 aromatic heterocycles. The first kappa shape index (κ1) is 17.5. The van der Waals surface area contributed by atoms with Gasteiger partial charge in [-0.3, -0.25) is 0 Å². The Morgan fingerprint density at radius 1 is 1.33 bits per heavy atom. The number of hydrogen-bond acceptors (Lipinski definition) is 2. The lowest BCUT2D eigenvalue weighted by atomic mass is 10.0. The van der Waals surface area contributed by atoms with Gasteiger partial charge in [-0.25, -0.2) is 0 Å². The summed E-state index contributed by atoms with van der Waals surface area (Å²) in [5, 5.41) is 3.64. The molecule has 2 atom stereocenters. The van der Waals surface area contributed by atoms with E-state index in [-0.39, 0.29) is 0 Å². The summed E-state index contributed by atoms with van der Waals surface area (Å²) in [6.07, 6.45) is 5.38. The summed E-state index contributed by atoms with van der Waals surface area (Å²) in [7, 11) is 0. The largest absolute Gasteiger partial charge is 0.310 e. The van der Waals surface area contributed by atoms with Gasteiger partial charge in [-0.15, -0.1) is 0 Å². The van der Waals surface area contributed by atoms with Crippen molar-refractivity contribution in [3.05, 3.63) is 32.7 Å². The highest BCUT2D eigenvalue weighted by molar-refractivity contribution is 9.11. The van der Waals surface area contributed by atoms with Crippen LogP contribution in [0.1, 0.15) is 51.1 Å². The van der Waals surface area contributed by atoms with Crippen LogP contribution in [0, 0.1) is 0 Å². The highest BCUT2D eigenvalue weighted by Crippen LogP contribution is 2.26. The second-order valence-corrected chi connectivity index (χ2v) is 7.85. The van der Waals surface area contributed by atoms with Crippen LogP contribution < -0.4 is 5.32 Å². The number of rotatable bonds is 6. The molecule has 21 heavy (non-hydrogen) atoms. The van der Waals surface area contributed by atoms with Crippen LogP contribution in [0.25, 0.3) is 0 Å². The molecule has 0 aliphatic carbocycles. The third kappa shape index (κ3) is 5.34. The molecule has 0 spiro atoms. The average molecular weight is 418 g/mol. The van der Waals surface area contributed by atoms with Crippen molar-refractivity contribution in [3.8, 4) is 0 Å². The first-order valence-electron chi connectivity index (χ1n) is 8.00. The summed E-state index contributed by atoms with van der Waals surface area (Å²) in [6.45, 7) is 8.19. The minimum absolute atomic E-state index is 0.381. The molecule has 118 valence electrons. The molecule has 4 heteroatoms. The second-order valence-electron chi connectivity index (χ2n) is 6.08. The Morgan fingerprint density at radius 3 is 2.86 bits per heavy atom. The fraction of sp³-hybridized carbons (Fsp3) is 0.647. The molecule has 0 saturated carbocycles. The minimum atomic E-state index is 0.381. The summed E-state index contributed by atoms with van der Waals surface area (Å²) in [5.41, 5.74) is 1.32. The summed E-state index contributed by atoms with van der Waals surface area (Å²) >= 11 is 7.15. The van der Waals surface area contributed by atoms with Gasteiger partial charge in [0.2, 0.25) is 0 Å². The average Bonchev–Trinajstić information content (AvgIpc) is 2.45. The lowest BCUT2D eigenvalue weighted by Gasteiger charge is -2.33. The third-order valence-electron chi connectivity index (χ3n) is 4.44. The summed E-state index contributed by atoms with van der Waals surface area (Å²) < 4.78 is 2.28. The van der Waals surface area contributed by atoms with Crippen molar-refractivity contribution in [1.82, 2.24) is 10.2 Å². The summed E-state index contributed by atoms with van der Waals surface area (Å²) in [4.78, 5) is 2.64. The van der Waals surface area contributed by atoms with Crippen LogP contribution in [0.4, 0.5) is 0 Å². The molecule has 0 radical (unpaired) electrons. The predicted octanol–water partition coefficient (Wildman–Crippen LogP) is 5.13. The molecule has 2 nitrogen and oxygen atoms in total. The van der Waals surface area contributed by atoms with Crippen molar-refractivity contribution in [1.29, 1.82) is 0 Å². The zero-order valence-electron chi connectivity index (χ0n) is 13.0. The Balaban J connectivity index is 1.72. The van der Waals surface area contributed by atoms with Crippen LogP contribution in [0.3, 0.4) is 0 Å². The Labute approximate surface area is 145 Å². The van der Waals surface area contributed by atoms with E-state index in [1.807, 2.05) is 0 Å². The van der Waals surface area contributed by atoms with E-state index in [0.717, 1.165) is 17.1 Å². The van der Waals surface area contributed by atoms with Gasteiger partial charge < -0.3 is 10.2 Å². The van der Waals surface area contributed by atoms with Gasteiger partial charge in [-0.1, -0.05) is 44.3 Å². The highest BCUT2D eigenvalue weighted by Gasteiger charge is 2.17. The number of likely N-dealkylation sites (tertiary alicyclic amines) is 1. The van der Waals surface area contributed by atoms with E-state index in [0.29, 0.717) is 6.04 Å². The van der Waals surface area contributed by atoms with Crippen molar-refractivity contribution in [2.24, 2.45) is 0 Å². The maximum absolute atomic E-state index is 3.65. The molecule has 1 saturated heterocycles. The zero-order valence-corrected chi connectivity index (χ0v) is 16.2. The van der Waals surface area contributed by atoms with Gasteiger partial charge in [0.25, 0.3) is 0 Å². The molecule has 1 aliphatic heterocycles. The maximum atomic E-state index is 3.65. The lowest BCUT2D eigenvalue weighted by molar-refractivity contribution is 0.158. The van der Waals surface area contributed by atoms with E-state index >= 15 is 0 Å². The second kappa shape index (κ2) is 8.66. The quantitative estimate of drug-likeness (QED) is 0.645.